The second-order valence-corrected chi connectivity index (χ2v) is 4.98. The largest absolute Gasteiger partial charge is 0.391 e. The molecule has 1 nitrogen and oxygen atoms in total. The summed E-state index contributed by atoms with van der Waals surface area (Å²) < 4.78 is 63.5. The van der Waals surface area contributed by atoms with E-state index in [-0.39, 0.29) is 31.2 Å². The number of alkyl halides is 3. The third kappa shape index (κ3) is 2.88. The second-order valence-electron chi connectivity index (χ2n) is 4.98. The van der Waals surface area contributed by atoms with Gasteiger partial charge in [0.2, 0.25) is 0 Å². The Morgan fingerprint density at radius 1 is 1.05 bits per heavy atom. The van der Waals surface area contributed by atoms with Crippen molar-refractivity contribution in [1.29, 1.82) is 0 Å². The van der Waals surface area contributed by atoms with E-state index in [9.17, 15) is 27.1 Å². The maximum atomic E-state index is 13.1. The van der Waals surface area contributed by atoms with Gasteiger partial charge in [-0.2, -0.15) is 13.2 Å². The lowest BCUT2D eigenvalue weighted by atomic mass is 9.75. The first-order valence-corrected chi connectivity index (χ1v) is 5.97. The van der Waals surface area contributed by atoms with Gasteiger partial charge in [-0.25, -0.2) is 8.78 Å². The Bertz CT molecular complexity index is 461. The van der Waals surface area contributed by atoms with E-state index in [1.807, 2.05) is 0 Å². The fourth-order valence-electron chi connectivity index (χ4n) is 2.50. The van der Waals surface area contributed by atoms with Gasteiger partial charge in [0.1, 0.15) is 0 Å². The summed E-state index contributed by atoms with van der Waals surface area (Å²) in [5.41, 5.74) is -1.37. The summed E-state index contributed by atoms with van der Waals surface area (Å²) >= 11 is 0. The van der Waals surface area contributed by atoms with Crippen LogP contribution in [0.1, 0.15) is 31.2 Å². The van der Waals surface area contributed by atoms with Gasteiger partial charge in [0.05, 0.1) is 11.5 Å². The Morgan fingerprint density at radius 2 is 1.63 bits per heavy atom. The smallest absolute Gasteiger partial charge is 0.385 e. The molecule has 106 valence electrons. The van der Waals surface area contributed by atoms with Crippen molar-refractivity contribution < 1.29 is 27.1 Å². The normalized spacial score (nSPS) is 28.4. The minimum Gasteiger partial charge on any atom is -0.385 e. The minimum atomic E-state index is -4.27. The van der Waals surface area contributed by atoms with Crippen molar-refractivity contribution in [1.82, 2.24) is 0 Å². The molecule has 1 aliphatic carbocycles. The van der Waals surface area contributed by atoms with Crippen LogP contribution in [0.25, 0.3) is 0 Å². The molecule has 1 N–H and O–H groups in total. The van der Waals surface area contributed by atoms with Crippen LogP contribution >= 0.6 is 0 Å². The molecule has 1 saturated carbocycles. The molecule has 0 spiro atoms. The van der Waals surface area contributed by atoms with Gasteiger partial charge in [0, 0.05) is 0 Å². The number of hydrogen-bond acceptors (Lipinski definition) is 1. The predicted molar refractivity (Wildman–Crippen MR) is 58.3 cm³/mol. The SMILES string of the molecule is OC1(c2ccc(F)c(F)c2)CCC(C(F)(F)F)CC1. The Labute approximate surface area is 107 Å². The lowest BCUT2D eigenvalue weighted by molar-refractivity contribution is -0.193. The van der Waals surface area contributed by atoms with Crippen molar-refractivity contribution in [2.75, 3.05) is 0 Å². The Balaban J connectivity index is 2.15. The molecule has 0 heterocycles. The quantitative estimate of drug-likeness (QED) is 0.773. The van der Waals surface area contributed by atoms with E-state index in [0.29, 0.717) is 0 Å². The van der Waals surface area contributed by atoms with Gasteiger partial charge >= 0.3 is 6.18 Å². The van der Waals surface area contributed by atoms with E-state index >= 15 is 0 Å². The third-order valence-corrected chi connectivity index (χ3v) is 3.73. The number of hydrogen-bond donors (Lipinski definition) is 1. The van der Waals surface area contributed by atoms with Crippen LogP contribution in [0, 0.1) is 17.6 Å². The molecule has 0 bridgehead atoms. The molecule has 0 radical (unpaired) electrons. The van der Waals surface area contributed by atoms with Crippen molar-refractivity contribution in [3.8, 4) is 0 Å². The van der Waals surface area contributed by atoms with Crippen LogP contribution in [0.2, 0.25) is 0 Å². The zero-order chi connectivity index (χ0) is 14.3. The summed E-state index contributed by atoms with van der Waals surface area (Å²) in [6.07, 6.45) is -4.90. The molecular formula is C13H13F5O. The molecule has 19 heavy (non-hydrogen) atoms. The number of benzene rings is 1. The third-order valence-electron chi connectivity index (χ3n) is 3.73. The van der Waals surface area contributed by atoms with E-state index in [0.717, 1.165) is 12.1 Å². The molecule has 0 amide bonds. The van der Waals surface area contributed by atoms with E-state index in [2.05, 4.69) is 0 Å². The molecule has 6 heteroatoms. The number of rotatable bonds is 1. The first-order chi connectivity index (χ1) is 8.72. The highest BCUT2D eigenvalue weighted by molar-refractivity contribution is 5.24. The van der Waals surface area contributed by atoms with Crippen LogP contribution in [-0.2, 0) is 5.60 Å². The van der Waals surface area contributed by atoms with Crippen molar-refractivity contribution >= 4 is 0 Å². The highest BCUT2D eigenvalue weighted by atomic mass is 19.4. The summed E-state index contributed by atoms with van der Waals surface area (Å²) in [7, 11) is 0. The van der Waals surface area contributed by atoms with Gasteiger partial charge in [0.15, 0.2) is 11.6 Å². The molecule has 0 saturated heterocycles. The van der Waals surface area contributed by atoms with Crippen molar-refractivity contribution in [2.24, 2.45) is 5.92 Å². The van der Waals surface area contributed by atoms with Gasteiger partial charge in [-0.05, 0) is 43.4 Å². The maximum Gasteiger partial charge on any atom is 0.391 e. The lowest BCUT2D eigenvalue weighted by Gasteiger charge is -2.37. The molecule has 0 aliphatic heterocycles. The first kappa shape index (κ1) is 14.2. The Hall–Kier alpha value is -1.17. The van der Waals surface area contributed by atoms with E-state index < -0.39 is 29.3 Å². The van der Waals surface area contributed by atoms with Crippen LogP contribution in [0.15, 0.2) is 18.2 Å². The molecule has 1 aromatic carbocycles. The molecule has 0 aromatic heterocycles. The standard InChI is InChI=1S/C13H13F5O/c14-10-2-1-9(7-11(10)15)12(19)5-3-8(4-6-12)13(16,17)18/h1-2,7-8,19H,3-6H2. The van der Waals surface area contributed by atoms with Crippen molar-refractivity contribution in [3.05, 3.63) is 35.4 Å². The summed E-state index contributed by atoms with van der Waals surface area (Å²) in [4.78, 5) is 0. The predicted octanol–water partition coefficient (Wildman–Crippen LogP) is 3.90. The van der Waals surface area contributed by atoms with Gasteiger partial charge in [0.25, 0.3) is 0 Å². The Morgan fingerprint density at radius 3 is 2.11 bits per heavy atom. The summed E-state index contributed by atoms with van der Waals surface area (Å²) in [6.45, 7) is 0. The zero-order valence-electron chi connectivity index (χ0n) is 9.97. The van der Waals surface area contributed by atoms with Crippen LogP contribution in [-0.4, -0.2) is 11.3 Å². The molecule has 0 unspecified atom stereocenters. The first-order valence-electron chi connectivity index (χ1n) is 5.97. The van der Waals surface area contributed by atoms with E-state index in [4.69, 9.17) is 0 Å². The topological polar surface area (TPSA) is 20.2 Å². The van der Waals surface area contributed by atoms with E-state index in [1.54, 1.807) is 0 Å². The van der Waals surface area contributed by atoms with Gasteiger partial charge in [-0.15, -0.1) is 0 Å². The molecule has 0 atom stereocenters. The number of aliphatic hydroxyl groups is 1. The van der Waals surface area contributed by atoms with Crippen LogP contribution in [0.5, 0.6) is 0 Å². The lowest BCUT2D eigenvalue weighted by Crippen LogP contribution is -2.36. The zero-order valence-corrected chi connectivity index (χ0v) is 9.97. The Kier molecular flexibility index (Phi) is 3.55. The number of halogens is 5. The molecule has 1 aromatic rings. The average Bonchev–Trinajstić information content (AvgIpc) is 2.32. The van der Waals surface area contributed by atoms with Crippen molar-refractivity contribution in [3.63, 3.8) is 0 Å². The van der Waals surface area contributed by atoms with Crippen LogP contribution < -0.4 is 0 Å². The van der Waals surface area contributed by atoms with Crippen LogP contribution in [0.3, 0.4) is 0 Å². The van der Waals surface area contributed by atoms with Crippen LogP contribution in [0.4, 0.5) is 22.0 Å². The summed E-state index contributed by atoms with van der Waals surface area (Å²) in [6, 6.07) is 2.94. The maximum absolute atomic E-state index is 13.1. The van der Waals surface area contributed by atoms with Crippen molar-refractivity contribution in [2.45, 2.75) is 37.5 Å². The fraction of sp³-hybridized carbons (Fsp3) is 0.538. The minimum absolute atomic E-state index is 0.109. The van der Waals surface area contributed by atoms with Gasteiger partial charge in [-0.3, -0.25) is 0 Å². The highest BCUT2D eigenvalue weighted by Gasteiger charge is 2.45. The second kappa shape index (κ2) is 4.74. The fourth-order valence-corrected chi connectivity index (χ4v) is 2.50. The molecule has 2 rings (SSSR count). The van der Waals surface area contributed by atoms with E-state index in [1.165, 1.54) is 6.07 Å². The average molecular weight is 280 g/mol. The molecule has 1 aliphatic rings. The molecule has 1 fully saturated rings. The molecular weight excluding hydrogens is 267 g/mol. The monoisotopic (exact) mass is 280 g/mol. The summed E-state index contributed by atoms with van der Waals surface area (Å²) in [5.74, 6) is -3.58. The van der Waals surface area contributed by atoms with Gasteiger partial charge < -0.3 is 5.11 Å². The van der Waals surface area contributed by atoms with Gasteiger partial charge in [-0.1, -0.05) is 6.07 Å². The highest BCUT2D eigenvalue weighted by Crippen LogP contribution is 2.45. The summed E-state index contributed by atoms with van der Waals surface area (Å²) in [5, 5.41) is 10.3.